The van der Waals surface area contributed by atoms with E-state index in [2.05, 4.69) is 45.6 Å². The van der Waals surface area contributed by atoms with Crippen LogP contribution >= 0.6 is 15.9 Å². The first-order valence-corrected chi connectivity index (χ1v) is 6.24. The second-order valence-electron chi connectivity index (χ2n) is 4.27. The van der Waals surface area contributed by atoms with Gasteiger partial charge < -0.3 is 4.57 Å². The van der Waals surface area contributed by atoms with Gasteiger partial charge >= 0.3 is 0 Å². The average molecular weight is 292 g/mol. The van der Waals surface area contributed by atoms with Crippen LogP contribution in [0.2, 0.25) is 0 Å². The molecule has 0 saturated heterocycles. The summed E-state index contributed by atoms with van der Waals surface area (Å²) in [7, 11) is 0. The van der Waals surface area contributed by atoms with Gasteiger partial charge in [0.05, 0.1) is 0 Å². The molecule has 0 aliphatic heterocycles. The topological polar surface area (TPSA) is 22.0 Å². The molecule has 3 heteroatoms. The van der Waals surface area contributed by atoms with Crippen molar-refractivity contribution in [2.75, 3.05) is 0 Å². The summed E-state index contributed by atoms with van der Waals surface area (Å²) in [6.07, 6.45) is 0.906. The van der Waals surface area contributed by atoms with Crippen LogP contribution in [0.1, 0.15) is 27.3 Å². The number of aromatic nitrogens is 1. The van der Waals surface area contributed by atoms with Crippen molar-refractivity contribution in [3.8, 4) is 5.69 Å². The smallest absolute Gasteiger partial charge is 0.151 e. The Morgan fingerprint density at radius 2 is 1.82 bits per heavy atom. The number of carbonyl (C=O) groups is 1. The molecular formula is C14H14BrNO. The van der Waals surface area contributed by atoms with Crippen molar-refractivity contribution < 1.29 is 4.79 Å². The monoisotopic (exact) mass is 291 g/mol. The van der Waals surface area contributed by atoms with Crippen molar-refractivity contribution in [3.05, 3.63) is 51.3 Å². The van der Waals surface area contributed by atoms with Crippen molar-refractivity contribution in [2.45, 2.75) is 20.8 Å². The van der Waals surface area contributed by atoms with E-state index in [0.717, 1.165) is 33.4 Å². The number of hydrogen-bond acceptors (Lipinski definition) is 1. The van der Waals surface area contributed by atoms with Gasteiger partial charge in [-0.15, -0.1) is 0 Å². The third-order valence-corrected chi connectivity index (χ3v) is 3.34. The fourth-order valence-electron chi connectivity index (χ4n) is 2.15. The van der Waals surface area contributed by atoms with Crippen LogP contribution in [0.3, 0.4) is 0 Å². The fourth-order valence-corrected chi connectivity index (χ4v) is 2.75. The zero-order chi connectivity index (χ0) is 12.6. The minimum absolute atomic E-state index is 0.750. The van der Waals surface area contributed by atoms with Crippen LogP contribution in [0.4, 0.5) is 0 Å². The lowest BCUT2D eigenvalue weighted by Gasteiger charge is -2.11. The standard InChI is InChI=1S/C14H14BrNO/c1-9-4-13(15)7-14(5-9)16-10(2)6-12(8-17)11(16)3/h4-8H,1-3H3. The molecular weight excluding hydrogens is 278 g/mol. The molecule has 0 saturated carbocycles. The number of aldehydes is 1. The molecule has 0 aliphatic carbocycles. The highest BCUT2D eigenvalue weighted by molar-refractivity contribution is 9.10. The molecule has 2 nitrogen and oxygen atoms in total. The summed E-state index contributed by atoms with van der Waals surface area (Å²) in [5.74, 6) is 0. The minimum atomic E-state index is 0.750. The maximum Gasteiger partial charge on any atom is 0.151 e. The summed E-state index contributed by atoms with van der Waals surface area (Å²) in [6.45, 7) is 6.03. The van der Waals surface area contributed by atoms with E-state index in [9.17, 15) is 4.79 Å². The van der Waals surface area contributed by atoms with E-state index in [-0.39, 0.29) is 0 Å². The number of aryl methyl sites for hydroxylation is 2. The number of nitrogens with zero attached hydrogens (tertiary/aromatic N) is 1. The largest absolute Gasteiger partial charge is 0.318 e. The number of benzene rings is 1. The molecule has 0 spiro atoms. The van der Waals surface area contributed by atoms with Crippen molar-refractivity contribution >= 4 is 22.2 Å². The Morgan fingerprint density at radius 1 is 1.12 bits per heavy atom. The minimum Gasteiger partial charge on any atom is -0.318 e. The highest BCUT2D eigenvalue weighted by atomic mass is 79.9. The van der Waals surface area contributed by atoms with Crippen LogP contribution in [0.5, 0.6) is 0 Å². The van der Waals surface area contributed by atoms with Gasteiger partial charge in [0.25, 0.3) is 0 Å². The molecule has 1 aromatic carbocycles. The molecule has 0 unspecified atom stereocenters. The molecule has 17 heavy (non-hydrogen) atoms. The molecule has 0 fully saturated rings. The highest BCUT2D eigenvalue weighted by Crippen LogP contribution is 2.23. The second kappa shape index (κ2) is 4.49. The highest BCUT2D eigenvalue weighted by Gasteiger charge is 2.10. The lowest BCUT2D eigenvalue weighted by Crippen LogP contribution is -2.00. The second-order valence-corrected chi connectivity index (χ2v) is 5.18. The molecule has 0 atom stereocenters. The van der Waals surface area contributed by atoms with Crippen LogP contribution in [-0.4, -0.2) is 10.9 Å². The van der Waals surface area contributed by atoms with Gasteiger partial charge in [0.15, 0.2) is 6.29 Å². The summed E-state index contributed by atoms with van der Waals surface area (Å²) in [5.41, 5.74) is 5.08. The quantitative estimate of drug-likeness (QED) is 0.767. The van der Waals surface area contributed by atoms with Gasteiger partial charge in [-0.25, -0.2) is 0 Å². The van der Waals surface area contributed by atoms with Gasteiger partial charge in [0.2, 0.25) is 0 Å². The van der Waals surface area contributed by atoms with Crippen molar-refractivity contribution in [2.24, 2.45) is 0 Å². The van der Waals surface area contributed by atoms with Crippen LogP contribution in [0, 0.1) is 20.8 Å². The summed E-state index contributed by atoms with van der Waals surface area (Å²) in [4.78, 5) is 10.9. The molecule has 1 heterocycles. The van der Waals surface area contributed by atoms with Crippen molar-refractivity contribution in [3.63, 3.8) is 0 Å². The zero-order valence-corrected chi connectivity index (χ0v) is 11.7. The molecule has 0 N–H and O–H groups in total. The van der Waals surface area contributed by atoms with Gasteiger partial charge in [-0.1, -0.05) is 15.9 Å². The Hall–Kier alpha value is -1.35. The average Bonchev–Trinajstić information content (AvgIpc) is 2.52. The zero-order valence-electron chi connectivity index (χ0n) is 10.1. The van der Waals surface area contributed by atoms with Gasteiger partial charge in [-0.3, -0.25) is 4.79 Å². The van der Waals surface area contributed by atoms with E-state index in [1.165, 1.54) is 5.56 Å². The number of hydrogen-bond donors (Lipinski definition) is 0. The maximum atomic E-state index is 10.9. The van der Waals surface area contributed by atoms with E-state index in [1.807, 2.05) is 19.9 Å². The van der Waals surface area contributed by atoms with E-state index in [1.54, 1.807) is 0 Å². The molecule has 0 bridgehead atoms. The SMILES string of the molecule is Cc1cc(Br)cc(-n2c(C)cc(C=O)c2C)c1. The lowest BCUT2D eigenvalue weighted by molar-refractivity contribution is 0.112. The Kier molecular flexibility index (Phi) is 3.20. The maximum absolute atomic E-state index is 10.9. The third-order valence-electron chi connectivity index (χ3n) is 2.88. The fraction of sp³-hybridized carbons (Fsp3) is 0.214. The molecule has 2 rings (SSSR count). The molecule has 0 amide bonds. The summed E-state index contributed by atoms with van der Waals surface area (Å²) < 4.78 is 3.15. The van der Waals surface area contributed by atoms with Gasteiger partial charge in [0, 0.05) is 27.1 Å². The molecule has 0 radical (unpaired) electrons. The predicted octanol–water partition coefficient (Wildman–Crippen LogP) is 3.98. The first kappa shape index (κ1) is 12.1. The Morgan fingerprint density at radius 3 is 2.35 bits per heavy atom. The normalized spacial score (nSPS) is 10.6. The van der Waals surface area contributed by atoms with Gasteiger partial charge in [-0.2, -0.15) is 0 Å². The number of rotatable bonds is 2. The van der Waals surface area contributed by atoms with E-state index < -0.39 is 0 Å². The molecule has 1 aromatic heterocycles. The first-order chi connectivity index (χ1) is 8.02. The predicted molar refractivity (Wildman–Crippen MR) is 73.1 cm³/mol. The number of halogens is 1. The first-order valence-electron chi connectivity index (χ1n) is 5.44. The van der Waals surface area contributed by atoms with Crippen molar-refractivity contribution in [1.29, 1.82) is 0 Å². The van der Waals surface area contributed by atoms with E-state index >= 15 is 0 Å². The molecule has 2 aromatic rings. The van der Waals surface area contributed by atoms with E-state index in [0.29, 0.717) is 0 Å². The van der Waals surface area contributed by atoms with Crippen LogP contribution in [-0.2, 0) is 0 Å². The molecule has 88 valence electrons. The number of carbonyl (C=O) groups excluding carboxylic acids is 1. The molecule has 0 aliphatic rings. The summed E-state index contributed by atoms with van der Waals surface area (Å²) in [5, 5.41) is 0. The van der Waals surface area contributed by atoms with Crippen LogP contribution in [0.15, 0.2) is 28.7 Å². The summed E-state index contributed by atoms with van der Waals surface area (Å²) in [6, 6.07) is 8.15. The Bertz CT molecular complexity index is 564. The Labute approximate surface area is 109 Å². The van der Waals surface area contributed by atoms with Gasteiger partial charge in [-0.05, 0) is 50.6 Å². The summed E-state index contributed by atoms with van der Waals surface area (Å²) >= 11 is 3.50. The Balaban J connectivity index is 2.67. The lowest BCUT2D eigenvalue weighted by atomic mass is 10.2. The van der Waals surface area contributed by atoms with Gasteiger partial charge in [0.1, 0.15) is 0 Å². The third kappa shape index (κ3) is 2.20. The van der Waals surface area contributed by atoms with Crippen molar-refractivity contribution in [1.82, 2.24) is 4.57 Å². The van der Waals surface area contributed by atoms with Crippen LogP contribution < -0.4 is 0 Å². The van der Waals surface area contributed by atoms with E-state index in [4.69, 9.17) is 0 Å². The van der Waals surface area contributed by atoms with Crippen LogP contribution in [0.25, 0.3) is 5.69 Å².